The average molecular weight is 535 g/mol. The van der Waals surface area contributed by atoms with Crippen LogP contribution in [0.4, 0.5) is 5.69 Å². The second-order valence-corrected chi connectivity index (χ2v) is 13.4. The van der Waals surface area contributed by atoms with Crippen molar-refractivity contribution in [2.24, 2.45) is 0 Å². The van der Waals surface area contributed by atoms with Crippen LogP contribution in [-0.2, 0) is 26.6 Å². The molecule has 0 bridgehead atoms. The van der Waals surface area contributed by atoms with Crippen LogP contribution in [0.1, 0.15) is 42.1 Å². The van der Waals surface area contributed by atoms with Crippen molar-refractivity contribution in [3.8, 4) is 0 Å². The minimum Gasteiger partial charge on any atom is -0.322 e. The quantitative estimate of drug-likeness (QED) is 0.558. The van der Waals surface area contributed by atoms with E-state index in [-0.39, 0.29) is 16.6 Å². The molecule has 0 aromatic heterocycles. The van der Waals surface area contributed by atoms with Gasteiger partial charge in [0.15, 0.2) is 0 Å². The molecule has 0 spiro atoms. The molecule has 2 heterocycles. The fourth-order valence-corrected chi connectivity index (χ4v) is 7.19. The Bertz CT molecular complexity index is 1270. The van der Waals surface area contributed by atoms with E-state index in [1.54, 1.807) is 25.1 Å². The average Bonchev–Trinajstić information content (AvgIpc) is 2.90. The standard InChI is InChI=1S/C25H34N4O5S2/c1-2-35(31,32)28-17-15-27(16-18-28)20-21-7-6-8-22(19-21)25(30)26-23-9-11-24(12-10-23)36(33,34)29-13-4-3-5-14-29/h6-12,19H,2-5,13-18,20H2,1H3,(H,26,30). The van der Waals surface area contributed by atoms with E-state index in [1.807, 2.05) is 18.2 Å². The smallest absolute Gasteiger partial charge is 0.255 e. The van der Waals surface area contributed by atoms with Crippen LogP contribution in [0.25, 0.3) is 0 Å². The lowest BCUT2D eigenvalue weighted by Crippen LogP contribution is -2.48. The molecule has 9 nitrogen and oxygen atoms in total. The predicted octanol–water partition coefficient (Wildman–Crippen LogP) is 2.58. The highest BCUT2D eigenvalue weighted by Crippen LogP contribution is 2.22. The van der Waals surface area contributed by atoms with Crippen LogP contribution in [0.3, 0.4) is 0 Å². The lowest BCUT2D eigenvalue weighted by Gasteiger charge is -2.33. The van der Waals surface area contributed by atoms with E-state index in [4.69, 9.17) is 0 Å². The number of piperidine rings is 1. The fourth-order valence-electron chi connectivity index (χ4n) is 4.59. The molecule has 0 radical (unpaired) electrons. The summed E-state index contributed by atoms with van der Waals surface area (Å²) >= 11 is 0. The van der Waals surface area contributed by atoms with Gasteiger partial charge in [-0.1, -0.05) is 18.6 Å². The van der Waals surface area contributed by atoms with Crippen molar-refractivity contribution in [3.05, 3.63) is 59.7 Å². The molecule has 1 N–H and O–H groups in total. The Kier molecular flexibility index (Phi) is 8.46. The SMILES string of the molecule is CCS(=O)(=O)N1CCN(Cc2cccc(C(=O)Nc3ccc(S(=O)(=O)N4CCCCC4)cc3)c2)CC1. The first-order valence-electron chi connectivity index (χ1n) is 12.4. The van der Waals surface area contributed by atoms with Gasteiger partial charge in [-0.15, -0.1) is 0 Å². The summed E-state index contributed by atoms with van der Waals surface area (Å²) in [7, 11) is -6.68. The summed E-state index contributed by atoms with van der Waals surface area (Å²) in [6, 6.07) is 13.6. The zero-order valence-corrected chi connectivity index (χ0v) is 22.2. The molecule has 2 aromatic carbocycles. The number of hydrogen-bond donors (Lipinski definition) is 1. The molecule has 0 atom stereocenters. The van der Waals surface area contributed by atoms with Gasteiger partial charge in [0.05, 0.1) is 10.6 Å². The normalized spacial score (nSPS) is 18.7. The maximum atomic E-state index is 12.8. The van der Waals surface area contributed by atoms with Crippen LogP contribution in [0, 0.1) is 0 Å². The molecule has 2 saturated heterocycles. The maximum absolute atomic E-state index is 12.8. The third-order valence-corrected chi connectivity index (χ3v) is 10.5. The minimum atomic E-state index is -3.51. The van der Waals surface area contributed by atoms with Crippen LogP contribution < -0.4 is 5.32 Å². The van der Waals surface area contributed by atoms with Crippen LogP contribution >= 0.6 is 0 Å². The van der Waals surface area contributed by atoms with Crippen molar-refractivity contribution in [3.63, 3.8) is 0 Å². The summed E-state index contributed by atoms with van der Waals surface area (Å²) in [5, 5.41) is 2.84. The molecule has 2 aliphatic rings. The number of benzene rings is 2. The molecule has 1 amide bonds. The molecule has 2 aliphatic heterocycles. The first kappa shape index (κ1) is 26.7. The minimum absolute atomic E-state index is 0.112. The van der Waals surface area contributed by atoms with Gasteiger partial charge < -0.3 is 5.32 Å². The van der Waals surface area contributed by atoms with E-state index in [9.17, 15) is 21.6 Å². The Morgan fingerprint density at radius 3 is 2.14 bits per heavy atom. The zero-order chi connectivity index (χ0) is 25.8. The number of carbonyl (C=O) groups excluding carboxylic acids is 1. The number of rotatable bonds is 8. The number of sulfonamides is 2. The third kappa shape index (κ3) is 6.33. The van der Waals surface area contributed by atoms with Crippen molar-refractivity contribution >= 4 is 31.6 Å². The molecule has 2 aromatic rings. The highest BCUT2D eigenvalue weighted by molar-refractivity contribution is 7.89. The summed E-state index contributed by atoms with van der Waals surface area (Å²) in [6.07, 6.45) is 2.81. The van der Waals surface area contributed by atoms with Gasteiger partial charge >= 0.3 is 0 Å². The summed E-state index contributed by atoms with van der Waals surface area (Å²) in [4.78, 5) is 15.3. The van der Waals surface area contributed by atoms with Crippen molar-refractivity contribution < 1.29 is 21.6 Å². The Balaban J connectivity index is 1.35. The van der Waals surface area contributed by atoms with E-state index in [1.165, 1.54) is 20.7 Å². The molecule has 11 heteroatoms. The van der Waals surface area contributed by atoms with Gasteiger partial charge in [0.25, 0.3) is 5.91 Å². The Morgan fingerprint density at radius 2 is 1.50 bits per heavy atom. The molecule has 36 heavy (non-hydrogen) atoms. The summed E-state index contributed by atoms with van der Waals surface area (Å²) in [6.45, 7) is 5.61. The number of nitrogens with one attached hydrogen (secondary N) is 1. The first-order valence-corrected chi connectivity index (χ1v) is 15.4. The second kappa shape index (κ2) is 11.4. The zero-order valence-electron chi connectivity index (χ0n) is 20.6. The highest BCUT2D eigenvalue weighted by atomic mass is 32.2. The van der Waals surface area contributed by atoms with Crippen LogP contribution in [0.15, 0.2) is 53.4 Å². The molecular formula is C25H34N4O5S2. The van der Waals surface area contributed by atoms with Gasteiger partial charge in [-0.05, 0) is 61.7 Å². The number of nitrogens with zero attached hydrogens (tertiary/aromatic N) is 3. The predicted molar refractivity (Wildman–Crippen MR) is 140 cm³/mol. The van der Waals surface area contributed by atoms with Gasteiger partial charge in [0.2, 0.25) is 20.0 Å². The van der Waals surface area contributed by atoms with Crippen molar-refractivity contribution in [2.75, 3.05) is 50.3 Å². The van der Waals surface area contributed by atoms with Crippen molar-refractivity contribution in [1.82, 2.24) is 13.5 Å². The van der Waals surface area contributed by atoms with E-state index < -0.39 is 20.0 Å². The number of anilines is 1. The van der Waals surface area contributed by atoms with Crippen LogP contribution in [-0.4, -0.2) is 81.3 Å². The molecule has 2 fully saturated rings. The molecule has 4 rings (SSSR count). The van der Waals surface area contributed by atoms with E-state index in [0.29, 0.717) is 57.1 Å². The van der Waals surface area contributed by atoms with Crippen LogP contribution in [0.5, 0.6) is 0 Å². The Morgan fingerprint density at radius 1 is 0.833 bits per heavy atom. The summed E-state index contributed by atoms with van der Waals surface area (Å²) in [5.74, 6) is -0.163. The Hall–Kier alpha value is -2.31. The van der Waals surface area contributed by atoms with E-state index >= 15 is 0 Å². The van der Waals surface area contributed by atoms with E-state index in [0.717, 1.165) is 24.8 Å². The number of carbonyl (C=O) groups is 1. The van der Waals surface area contributed by atoms with Gasteiger partial charge in [0, 0.05) is 57.1 Å². The lowest BCUT2D eigenvalue weighted by molar-refractivity contribution is 0.102. The van der Waals surface area contributed by atoms with Gasteiger partial charge in [-0.3, -0.25) is 9.69 Å². The topological polar surface area (TPSA) is 107 Å². The van der Waals surface area contributed by atoms with Crippen LogP contribution in [0.2, 0.25) is 0 Å². The molecule has 196 valence electrons. The maximum Gasteiger partial charge on any atom is 0.255 e. The van der Waals surface area contributed by atoms with Crippen molar-refractivity contribution in [1.29, 1.82) is 0 Å². The van der Waals surface area contributed by atoms with Crippen molar-refractivity contribution in [2.45, 2.75) is 37.6 Å². The number of piperazine rings is 1. The van der Waals surface area contributed by atoms with Gasteiger partial charge in [-0.25, -0.2) is 16.8 Å². The summed E-state index contributed by atoms with van der Waals surface area (Å²) < 4.78 is 52.8. The van der Waals surface area contributed by atoms with E-state index in [2.05, 4.69) is 10.2 Å². The molecular weight excluding hydrogens is 500 g/mol. The lowest BCUT2D eigenvalue weighted by atomic mass is 10.1. The summed E-state index contributed by atoms with van der Waals surface area (Å²) in [5.41, 5.74) is 2.00. The van der Waals surface area contributed by atoms with Gasteiger partial charge in [0.1, 0.15) is 0 Å². The first-order chi connectivity index (χ1) is 17.2. The molecule has 0 saturated carbocycles. The van der Waals surface area contributed by atoms with Gasteiger partial charge in [-0.2, -0.15) is 8.61 Å². The number of hydrogen-bond acceptors (Lipinski definition) is 6. The third-order valence-electron chi connectivity index (χ3n) is 6.75. The second-order valence-electron chi connectivity index (χ2n) is 9.22. The largest absolute Gasteiger partial charge is 0.322 e. The monoisotopic (exact) mass is 534 g/mol. The Labute approximate surface area is 214 Å². The highest BCUT2D eigenvalue weighted by Gasteiger charge is 2.26. The number of amides is 1. The molecule has 0 aliphatic carbocycles. The molecule has 0 unspecified atom stereocenters. The fraction of sp³-hybridized carbons (Fsp3) is 0.480.